The summed E-state index contributed by atoms with van der Waals surface area (Å²) in [5.74, 6) is 0.0349. The van der Waals surface area contributed by atoms with Gasteiger partial charge in [0.2, 0.25) is 11.8 Å². The minimum atomic E-state index is -0.214. The predicted molar refractivity (Wildman–Crippen MR) is 102 cm³/mol. The molecule has 1 aliphatic rings. The van der Waals surface area contributed by atoms with E-state index >= 15 is 0 Å². The van der Waals surface area contributed by atoms with Gasteiger partial charge in [-0.15, -0.1) is 0 Å². The van der Waals surface area contributed by atoms with Crippen molar-refractivity contribution in [1.82, 2.24) is 15.6 Å². The Morgan fingerprint density at radius 2 is 2.00 bits per heavy atom. The minimum absolute atomic E-state index is 0.00564. The van der Waals surface area contributed by atoms with E-state index in [1.54, 1.807) is 12.1 Å². The van der Waals surface area contributed by atoms with Crippen molar-refractivity contribution < 1.29 is 14.3 Å². The van der Waals surface area contributed by atoms with Crippen molar-refractivity contribution in [3.05, 3.63) is 59.3 Å². The molecule has 0 radical (unpaired) electrons. The molecule has 1 fully saturated rings. The molecule has 6 heteroatoms. The number of hydrogen-bond acceptors (Lipinski definition) is 4. The predicted octanol–water partition coefficient (Wildman–Crippen LogP) is 2.61. The number of rotatable bonds is 6. The van der Waals surface area contributed by atoms with Crippen LogP contribution in [0.15, 0.2) is 42.6 Å². The molecule has 2 aromatic rings. The van der Waals surface area contributed by atoms with Gasteiger partial charge in [-0.1, -0.05) is 30.7 Å². The molecule has 0 spiro atoms. The third kappa shape index (κ3) is 4.64. The van der Waals surface area contributed by atoms with E-state index in [-0.39, 0.29) is 23.8 Å². The molecule has 3 rings (SSSR count). The molecule has 0 saturated heterocycles. The number of hydrogen-bond donors (Lipinski definition) is 2. The summed E-state index contributed by atoms with van der Waals surface area (Å²) in [6, 6.07) is 11.2. The van der Waals surface area contributed by atoms with Crippen LogP contribution in [0.5, 0.6) is 5.88 Å². The van der Waals surface area contributed by atoms with E-state index in [1.165, 1.54) is 13.3 Å². The van der Waals surface area contributed by atoms with E-state index < -0.39 is 0 Å². The number of amides is 2. The third-order valence-electron chi connectivity index (χ3n) is 5.09. The van der Waals surface area contributed by atoms with Gasteiger partial charge in [0.15, 0.2) is 0 Å². The molecule has 0 unspecified atom stereocenters. The van der Waals surface area contributed by atoms with Crippen LogP contribution in [0.3, 0.4) is 0 Å². The quantitative estimate of drug-likeness (QED) is 0.822. The monoisotopic (exact) mass is 367 g/mol. The number of carbonyl (C=O) groups is 2. The number of nitrogens with one attached hydrogen (secondary N) is 2. The molecular weight excluding hydrogens is 342 g/mol. The Morgan fingerprint density at radius 3 is 2.70 bits per heavy atom. The molecule has 0 aliphatic heterocycles. The number of benzene rings is 1. The standard InChI is InChI=1S/C21H25N3O3/c1-14-6-3-4-7-15(14)12-23-21(26)17-8-5-9-18(17)24-20(25)16-10-11-19(27-2)22-13-16/h3-4,6-7,10-11,13,17-18H,5,8-9,12H2,1-2H3,(H,23,26)(H,24,25)/t17-,18+/m0/s1. The fourth-order valence-corrected chi connectivity index (χ4v) is 3.46. The summed E-state index contributed by atoms with van der Waals surface area (Å²) in [6.07, 6.45) is 3.99. The van der Waals surface area contributed by atoms with Crippen LogP contribution >= 0.6 is 0 Å². The van der Waals surface area contributed by atoms with Crippen LogP contribution in [0.4, 0.5) is 0 Å². The number of nitrogens with zero attached hydrogens (tertiary/aromatic N) is 1. The highest BCUT2D eigenvalue weighted by molar-refractivity contribution is 5.94. The lowest BCUT2D eigenvalue weighted by Crippen LogP contribution is -2.43. The zero-order valence-electron chi connectivity index (χ0n) is 15.7. The van der Waals surface area contributed by atoms with Crippen LogP contribution in [0.1, 0.15) is 40.7 Å². The maximum absolute atomic E-state index is 12.7. The van der Waals surface area contributed by atoms with Gasteiger partial charge in [0.05, 0.1) is 18.6 Å². The van der Waals surface area contributed by atoms with Gasteiger partial charge in [-0.2, -0.15) is 0 Å². The van der Waals surface area contributed by atoms with Gasteiger partial charge in [-0.05, 0) is 37.0 Å². The van der Waals surface area contributed by atoms with E-state index in [1.807, 2.05) is 31.2 Å². The van der Waals surface area contributed by atoms with E-state index in [4.69, 9.17) is 4.74 Å². The first kappa shape index (κ1) is 18.9. The molecule has 1 aliphatic carbocycles. The molecule has 2 atom stereocenters. The van der Waals surface area contributed by atoms with Crippen LogP contribution in [-0.2, 0) is 11.3 Å². The fourth-order valence-electron chi connectivity index (χ4n) is 3.46. The first-order chi connectivity index (χ1) is 13.1. The number of carbonyl (C=O) groups excluding carboxylic acids is 2. The molecule has 1 aromatic heterocycles. The average molecular weight is 367 g/mol. The van der Waals surface area contributed by atoms with E-state index in [9.17, 15) is 9.59 Å². The summed E-state index contributed by atoms with van der Waals surface area (Å²) in [5, 5.41) is 6.01. The number of methoxy groups -OCH3 is 1. The first-order valence-electron chi connectivity index (χ1n) is 9.21. The van der Waals surface area contributed by atoms with Gasteiger partial charge in [0, 0.05) is 24.8 Å². The second kappa shape index (κ2) is 8.66. The van der Waals surface area contributed by atoms with E-state index in [2.05, 4.69) is 15.6 Å². The van der Waals surface area contributed by atoms with Crippen LogP contribution in [0, 0.1) is 12.8 Å². The van der Waals surface area contributed by atoms with Crippen molar-refractivity contribution >= 4 is 11.8 Å². The first-order valence-corrected chi connectivity index (χ1v) is 9.21. The molecule has 1 heterocycles. The highest BCUT2D eigenvalue weighted by Crippen LogP contribution is 2.26. The number of pyridine rings is 1. The molecule has 27 heavy (non-hydrogen) atoms. The lowest BCUT2D eigenvalue weighted by atomic mass is 10.0. The Balaban J connectivity index is 1.58. The summed E-state index contributed by atoms with van der Waals surface area (Å²) in [4.78, 5) is 29.2. The summed E-state index contributed by atoms with van der Waals surface area (Å²) < 4.78 is 5.01. The van der Waals surface area contributed by atoms with Crippen LogP contribution in [0.25, 0.3) is 0 Å². The zero-order valence-corrected chi connectivity index (χ0v) is 15.7. The average Bonchev–Trinajstić information content (AvgIpc) is 3.15. The van der Waals surface area contributed by atoms with Crippen molar-refractivity contribution in [3.8, 4) is 5.88 Å². The summed E-state index contributed by atoms with van der Waals surface area (Å²) in [6.45, 7) is 2.54. The van der Waals surface area contributed by atoms with Gasteiger partial charge in [0.1, 0.15) is 0 Å². The number of ether oxygens (including phenoxy) is 1. The third-order valence-corrected chi connectivity index (χ3v) is 5.09. The van der Waals surface area contributed by atoms with Gasteiger partial charge in [-0.3, -0.25) is 9.59 Å². The van der Waals surface area contributed by atoms with Gasteiger partial charge in [0.25, 0.3) is 5.91 Å². The molecule has 2 amide bonds. The second-order valence-electron chi connectivity index (χ2n) is 6.85. The Morgan fingerprint density at radius 1 is 1.19 bits per heavy atom. The lowest BCUT2D eigenvalue weighted by molar-refractivity contribution is -0.125. The zero-order chi connectivity index (χ0) is 19.2. The molecule has 0 bridgehead atoms. The maximum atomic E-state index is 12.7. The maximum Gasteiger partial charge on any atom is 0.253 e. The topological polar surface area (TPSA) is 80.3 Å². The summed E-state index contributed by atoms with van der Waals surface area (Å²) >= 11 is 0. The Kier molecular flexibility index (Phi) is 6.06. The highest BCUT2D eigenvalue weighted by Gasteiger charge is 2.34. The van der Waals surface area contributed by atoms with E-state index in [0.29, 0.717) is 18.0 Å². The van der Waals surface area contributed by atoms with Crippen molar-refractivity contribution in [2.75, 3.05) is 7.11 Å². The van der Waals surface area contributed by atoms with Crippen LogP contribution < -0.4 is 15.4 Å². The van der Waals surface area contributed by atoms with Gasteiger partial charge >= 0.3 is 0 Å². The van der Waals surface area contributed by atoms with Crippen molar-refractivity contribution in [2.45, 2.75) is 38.8 Å². The normalized spacial score (nSPS) is 18.7. The van der Waals surface area contributed by atoms with Crippen LogP contribution in [-0.4, -0.2) is 29.9 Å². The summed E-state index contributed by atoms with van der Waals surface area (Å²) in [5.41, 5.74) is 2.72. The van der Waals surface area contributed by atoms with Gasteiger partial charge < -0.3 is 15.4 Å². The van der Waals surface area contributed by atoms with E-state index in [0.717, 1.165) is 30.4 Å². The molecule has 2 N–H and O–H groups in total. The lowest BCUT2D eigenvalue weighted by Gasteiger charge is -2.21. The Labute approximate surface area is 159 Å². The molecule has 142 valence electrons. The smallest absolute Gasteiger partial charge is 0.253 e. The van der Waals surface area contributed by atoms with Crippen molar-refractivity contribution in [3.63, 3.8) is 0 Å². The van der Waals surface area contributed by atoms with Crippen molar-refractivity contribution in [1.29, 1.82) is 0 Å². The van der Waals surface area contributed by atoms with Gasteiger partial charge in [-0.25, -0.2) is 4.98 Å². The number of aryl methyl sites for hydroxylation is 1. The number of aromatic nitrogens is 1. The molecule has 6 nitrogen and oxygen atoms in total. The summed E-state index contributed by atoms with van der Waals surface area (Å²) in [7, 11) is 1.53. The molecular formula is C21H25N3O3. The fraction of sp³-hybridized carbons (Fsp3) is 0.381. The van der Waals surface area contributed by atoms with Crippen LogP contribution in [0.2, 0.25) is 0 Å². The molecule has 1 aromatic carbocycles. The second-order valence-corrected chi connectivity index (χ2v) is 6.85. The minimum Gasteiger partial charge on any atom is -0.481 e. The highest BCUT2D eigenvalue weighted by atomic mass is 16.5. The largest absolute Gasteiger partial charge is 0.481 e. The SMILES string of the molecule is COc1ccc(C(=O)N[C@@H]2CCC[C@@H]2C(=O)NCc2ccccc2C)cn1. The molecule has 1 saturated carbocycles. The van der Waals surface area contributed by atoms with Crippen molar-refractivity contribution in [2.24, 2.45) is 5.92 Å². The Bertz CT molecular complexity index is 805. The Hall–Kier alpha value is -2.89.